The van der Waals surface area contributed by atoms with Gasteiger partial charge in [0.15, 0.2) is 6.10 Å². The molecule has 5 heteroatoms. The summed E-state index contributed by atoms with van der Waals surface area (Å²) < 4.78 is 5.14. The van der Waals surface area contributed by atoms with E-state index in [4.69, 9.17) is 10.00 Å². The number of carbonyl (C=O) groups is 1. The highest BCUT2D eigenvalue weighted by Gasteiger charge is 2.20. The fraction of sp³-hybridized carbons (Fsp3) is 0.750. The molecule has 0 aromatic heterocycles. The van der Waals surface area contributed by atoms with Crippen LogP contribution in [0.2, 0.25) is 0 Å². The molecule has 0 saturated carbocycles. The minimum Gasteiger partial charge on any atom is -0.361 e. The SMILES string of the molecule is CNC(=O)CN1CCOC(C#N)C1. The van der Waals surface area contributed by atoms with Crippen molar-refractivity contribution < 1.29 is 9.53 Å². The molecule has 1 N–H and O–H groups in total. The molecule has 13 heavy (non-hydrogen) atoms. The summed E-state index contributed by atoms with van der Waals surface area (Å²) in [5.41, 5.74) is 0. The zero-order chi connectivity index (χ0) is 9.68. The Bertz CT molecular complexity index is 224. The largest absolute Gasteiger partial charge is 0.361 e. The molecule has 1 aliphatic heterocycles. The number of rotatable bonds is 2. The van der Waals surface area contributed by atoms with E-state index in [-0.39, 0.29) is 5.91 Å². The van der Waals surface area contributed by atoms with Gasteiger partial charge in [0, 0.05) is 20.1 Å². The first kappa shape index (κ1) is 9.96. The number of ether oxygens (including phenoxy) is 1. The Morgan fingerprint density at radius 2 is 2.62 bits per heavy atom. The van der Waals surface area contributed by atoms with E-state index in [1.807, 2.05) is 11.0 Å². The molecule has 1 fully saturated rings. The second kappa shape index (κ2) is 4.80. The van der Waals surface area contributed by atoms with Crippen molar-refractivity contribution in [2.45, 2.75) is 6.10 Å². The van der Waals surface area contributed by atoms with Gasteiger partial charge in [0.25, 0.3) is 0 Å². The zero-order valence-electron chi connectivity index (χ0n) is 7.62. The number of hydrogen-bond acceptors (Lipinski definition) is 4. The maximum Gasteiger partial charge on any atom is 0.233 e. The van der Waals surface area contributed by atoms with E-state index >= 15 is 0 Å². The summed E-state index contributed by atoms with van der Waals surface area (Å²) in [5, 5.41) is 11.1. The summed E-state index contributed by atoms with van der Waals surface area (Å²) in [6.45, 7) is 2.10. The molecule has 1 rings (SSSR count). The predicted molar refractivity (Wildman–Crippen MR) is 45.9 cm³/mol. The second-order valence-electron chi connectivity index (χ2n) is 2.90. The standard InChI is InChI=1S/C8H13N3O2/c1-10-8(12)6-11-2-3-13-7(4-9)5-11/h7H,2-3,5-6H2,1H3,(H,10,12). The highest BCUT2D eigenvalue weighted by molar-refractivity contribution is 5.77. The number of nitrogens with zero attached hydrogens (tertiary/aromatic N) is 2. The first-order chi connectivity index (χ1) is 6.26. The van der Waals surface area contributed by atoms with Crippen molar-refractivity contribution in [3.63, 3.8) is 0 Å². The molecule has 0 aromatic rings. The molecule has 5 nitrogen and oxygen atoms in total. The quantitative estimate of drug-likeness (QED) is 0.593. The van der Waals surface area contributed by atoms with E-state index in [0.29, 0.717) is 26.2 Å². The molecule has 0 spiro atoms. The van der Waals surface area contributed by atoms with E-state index < -0.39 is 6.10 Å². The van der Waals surface area contributed by atoms with Crippen molar-refractivity contribution in [2.24, 2.45) is 0 Å². The molecule has 0 bridgehead atoms. The molecule has 1 aliphatic rings. The van der Waals surface area contributed by atoms with Crippen LogP contribution in [-0.2, 0) is 9.53 Å². The van der Waals surface area contributed by atoms with Gasteiger partial charge in [0.2, 0.25) is 5.91 Å². The lowest BCUT2D eigenvalue weighted by Crippen LogP contribution is -2.45. The van der Waals surface area contributed by atoms with E-state index in [1.165, 1.54) is 0 Å². The Balaban J connectivity index is 2.35. The smallest absolute Gasteiger partial charge is 0.233 e. The normalized spacial score (nSPS) is 23.5. The van der Waals surface area contributed by atoms with E-state index in [9.17, 15) is 4.79 Å². The van der Waals surface area contributed by atoms with E-state index in [0.717, 1.165) is 0 Å². The molecular weight excluding hydrogens is 170 g/mol. The van der Waals surface area contributed by atoms with Gasteiger partial charge in [-0.1, -0.05) is 0 Å². The minimum absolute atomic E-state index is 0.0291. The molecule has 1 amide bonds. The Morgan fingerprint density at radius 1 is 1.85 bits per heavy atom. The predicted octanol–water partition coefficient (Wildman–Crippen LogP) is -1.04. The highest BCUT2D eigenvalue weighted by atomic mass is 16.5. The van der Waals surface area contributed by atoms with Gasteiger partial charge in [-0.15, -0.1) is 0 Å². The monoisotopic (exact) mass is 183 g/mol. The summed E-state index contributed by atoms with van der Waals surface area (Å²) in [6, 6.07) is 2.03. The Labute approximate surface area is 77.3 Å². The molecule has 1 atom stereocenters. The third-order valence-electron chi connectivity index (χ3n) is 1.94. The average molecular weight is 183 g/mol. The van der Waals surface area contributed by atoms with Crippen LogP contribution in [-0.4, -0.2) is 50.2 Å². The highest BCUT2D eigenvalue weighted by Crippen LogP contribution is 2.03. The van der Waals surface area contributed by atoms with Crippen LogP contribution in [0.25, 0.3) is 0 Å². The van der Waals surface area contributed by atoms with Crippen molar-refractivity contribution in [2.75, 3.05) is 33.3 Å². The third-order valence-corrected chi connectivity index (χ3v) is 1.94. The van der Waals surface area contributed by atoms with Crippen molar-refractivity contribution in [1.29, 1.82) is 5.26 Å². The molecule has 72 valence electrons. The van der Waals surface area contributed by atoms with Crippen LogP contribution in [0.4, 0.5) is 0 Å². The number of nitriles is 1. The molecule has 1 heterocycles. The second-order valence-corrected chi connectivity index (χ2v) is 2.90. The van der Waals surface area contributed by atoms with Gasteiger partial charge in [-0.05, 0) is 0 Å². The van der Waals surface area contributed by atoms with Crippen LogP contribution in [0.5, 0.6) is 0 Å². The van der Waals surface area contributed by atoms with Gasteiger partial charge in [0.05, 0.1) is 19.2 Å². The summed E-state index contributed by atoms with van der Waals surface area (Å²) in [5.74, 6) is -0.0291. The maximum absolute atomic E-state index is 11.0. The van der Waals surface area contributed by atoms with Crippen LogP contribution in [0.1, 0.15) is 0 Å². The lowest BCUT2D eigenvalue weighted by atomic mass is 10.3. The van der Waals surface area contributed by atoms with Crippen molar-refractivity contribution >= 4 is 5.91 Å². The van der Waals surface area contributed by atoms with Gasteiger partial charge in [-0.3, -0.25) is 9.69 Å². The summed E-state index contributed by atoms with van der Waals surface area (Å²) in [7, 11) is 1.60. The van der Waals surface area contributed by atoms with Crippen molar-refractivity contribution in [1.82, 2.24) is 10.2 Å². The van der Waals surface area contributed by atoms with Gasteiger partial charge < -0.3 is 10.1 Å². The number of amides is 1. The maximum atomic E-state index is 11.0. The Hall–Kier alpha value is -1.12. The lowest BCUT2D eigenvalue weighted by Gasteiger charge is -2.28. The lowest BCUT2D eigenvalue weighted by molar-refractivity contribution is -0.123. The molecule has 1 saturated heterocycles. The van der Waals surface area contributed by atoms with Crippen LogP contribution in [0.15, 0.2) is 0 Å². The number of nitrogens with one attached hydrogen (secondary N) is 1. The fourth-order valence-corrected chi connectivity index (χ4v) is 1.21. The summed E-state index contributed by atoms with van der Waals surface area (Å²) >= 11 is 0. The van der Waals surface area contributed by atoms with E-state index in [1.54, 1.807) is 7.05 Å². The number of carbonyl (C=O) groups excluding carboxylic acids is 1. The number of likely N-dealkylation sites (N-methyl/N-ethyl adjacent to an activating group) is 1. The van der Waals surface area contributed by atoms with Crippen LogP contribution in [0.3, 0.4) is 0 Å². The topological polar surface area (TPSA) is 65.4 Å². The Morgan fingerprint density at radius 3 is 3.23 bits per heavy atom. The van der Waals surface area contributed by atoms with Gasteiger partial charge in [-0.25, -0.2) is 0 Å². The molecule has 0 aromatic carbocycles. The van der Waals surface area contributed by atoms with Crippen LogP contribution >= 0.6 is 0 Å². The Kier molecular flexibility index (Phi) is 3.68. The summed E-state index contributed by atoms with van der Waals surface area (Å²) in [4.78, 5) is 12.9. The van der Waals surface area contributed by atoms with Crippen LogP contribution < -0.4 is 5.32 Å². The molecule has 1 unspecified atom stereocenters. The molecular formula is C8H13N3O2. The van der Waals surface area contributed by atoms with E-state index in [2.05, 4.69) is 5.32 Å². The minimum atomic E-state index is -0.390. The van der Waals surface area contributed by atoms with Crippen molar-refractivity contribution in [3.05, 3.63) is 0 Å². The average Bonchev–Trinajstić information content (AvgIpc) is 2.18. The fourth-order valence-electron chi connectivity index (χ4n) is 1.21. The molecule has 0 aliphatic carbocycles. The number of hydrogen-bond donors (Lipinski definition) is 1. The summed E-state index contributed by atoms with van der Waals surface area (Å²) in [6.07, 6.45) is -0.390. The van der Waals surface area contributed by atoms with Gasteiger partial charge >= 0.3 is 0 Å². The first-order valence-electron chi connectivity index (χ1n) is 4.20. The molecule has 0 radical (unpaired) electrons. The van der Waals surface area contributed by atoms with Gasteiger partial charge in [0.1, 0.15) is 0 Å². The van der Waals surface area contributed by atoms with Gasteiger partial charge in [-0.2, -0.15) is 5.26 Å². The number of morpholine rings is 1. The zero-order valence-corrected chi connectivity index (χ0v) is 7.62. The van der Waals surface area contributed by atoms with Crippen molar-refractivity contribution in [3.8, 4) is 6.07 Å². The van der Waals surface area contributed by atoms with Crippen LogP contribution in [0, 0.1) is 11.3 Å². The first-order valence-corrected chi connectivity index (χ1v) is 4.20. The third kappa shape index (κ3) is 3.01.